The van der Waals surface area contributed by atoms with Crippen molar-refractivity contribution in [2.75, 3.05) is 0 Å². The topological polar surface area (TPSA) is 77.3 Å². The van der Waals surface area contributed by atoms with Gasteiger partial charge in [-0.1, -0.05) is 34.4 Å². The SMILES string of the molecule is C.C.C.Cc1ccc(C)nc1.Cc1ccc(C)nc1.Cc1cnc(C)nc1.Cc1cnc(C)nc1. The fraction of sp³-hybridized carbons (Fsp3) is 0.379. The van der Waals surface area contributed by atoms with Gasteiger partial charge in [-0.05, 0) is 89.8 Å². The maximum Gasteiger partial charge on any atom is 0.125 e. The van der Waals surface area contributed by atoms with E-state index in [1.807, 2.05) is 105 Å². The Balaban J connectivity index is -0.000000379. The van der Waals surface area contributed by atoms with Gasteiger partial charge < -0.3 is 0 Å². The van der Waals surface area contributed by atoms with Crippen molar-refractivity contribution in [3.8, 4) is 0 Å². The van der Waals surface area contributed by atoms with Crippen LogP contribution >= 0.6 is 0 Å². The van der Waals surface area contributed by atoms with Crippen molar-refractivity contribution in [1.82, 2.24) is 29.9 Å². The normalized spacial score (nSPS) is 8.46. The third-order valence-corrected chi connectivity index (χ3v) is 3.94. The van der Waals surface area contributed by atoms with Crippen molar-refractivity contribution in [1.29, 1.82) is 0 Å². The maximum atomic E-state index is 4.08. The zero-order valence-corrected chi connectivity index (χ0v) is 20.5. The summed E-state index contributed by atoms with van der Waals surface area (Å²) in [5.74, 6) is 1.66. The number of nitrogens with zero attached hydrogens (tertiary/aromatic N) is 6. The monoisotopic (exact) mass is 478 g/mol. The molecule has 0 fully saturated rings. The molecular weight excluding hydrogens is 432 g/mol. The first-order valence-electron chi connectivity index (χ1n) is 10.4. The van der Waals surface area contributed by atoms with Gasteiger partial charge in [0.15, 0.2) is 0 Å². The molecule has 4 rings (SSSR count). The Hall–Kier alpha value is -3.54. The van der Waals surface area contributed by atoms with Gasteiger partial charge in [0.05, 0.1) is 0 Å². The summed E-state index contributed by atoms with van der Waals surface area (Å²) < 4.78 is 0. The Morgan fingerprint density at radius 1 is 0.343 bits per heavy atom. The third-order valence-electron chi connectivity index (χ3n) is 3.94. The number of hydrogen-bond acceptors (Lipinski definition) is 6. The highest BCUT2D eigenvalue weighted by Crippen LogP contribution is 1.95. The minimum absolute atomic E-state index is 0. The van der Waals surface area contributed by atoms with E-state index in [0.717, 1.165) is 34.2 Å². The summed E-state index contributed by atoms with van der Waals surface area (Å²) in [6, 6.07) is 8.13. The fourth-order valence-electron chi connectivity index (χ4n) is 2.00. The van der Waals surface area contributed by atoms with E-state index in [-0.39, 0.29) is 22.3 Å². The minimum Gasteiger partial charge on any atom is -0.261 e. The molecule has 35 heavy (non-hydrogen) atoms. The standard InChI is InChI=1S/2C7H9N.2C6H8N2.3CH4/c2*1-6-3-4-7(2)8-5-6;2*1-5-3-7-6(2)8-4-5;;;/h2*3-5H,1-2H3;2*3-4H,1-2H3;3*1H4. The lowest BCUT2D eigenvalue weighted by atomic mass is 10.3. The van der Waals surface area contributed by atoms with Gasteiger partial charge in [0.2, 0.25) is 0 Å². The second kappa shape index (κ2) is 19.9. The fourth-order valence-corrected chi connectivity index (χ4v) is 2.00. The number of aromatic nitrogens is 6. The van der Waals surface area contributed by atoms with Crippen LogP contribution in [-0.2, 0) is 0 Å². The highest BCUT2D eigenvalue weighted by Gasteiger charge is 1.84. The Bertz CT molecular complexity index is 753. The molecule has 0 unspecified atom stereocenters. The summed E-state index contributed by atoms with van der Waals surface area (Å²) in [4.78, 5) is 24.0. The van der Waals surface area contributed by atoms with Crippen molar-refractivity contribution in [3.05, 3.63) is 107 Å². The van der Waals surface area contributed by atoms with Crippen molar-refractivity contribution >= 4 is 0 Å². The molecule has 4 aromatic heterocycles. The molecule has 0 aliphatic rings. The van der Waals surface area contributed by atoms with E-state index in [0.29, 0.717) is 0 Å². The van der Waals surface area contributed by atoms with Crippen LogP contribution in [0.4, 0.5) is 0 Å². The van der Waals surface area contributed by atoms with E-state index >= 15 is 0 Å². The van der Waals surface area contributed by atoms with Gasteiger partial charge in [-0.3, -0.25) is 9.97 Å². The minimum atomic E-state index is 0. The quantitative estimate of drug-likeness (QED) is 0.260. The lowest BCUT2D eigenvalue weighted by Crippen LogP contribution is -1.84. The molecule has 0 saturated carbocycles. The molecule has 0 N–H and O–H groups in total. The molecule has 0 radical (unpaired) electrons. The molecule has 0 amide bonds. The second-order valence-corrected chi connectivity index (χ2v) is 7.57. The van der Waals surface area contributed by atoms with Crippen LogP contribution in [-0.4, -0.2) is 29.9 Å². The zero-order valence-electron chi connectivity index (χ0n) is 20.5. The molecule has 192 valence electrons. The van der Waals surface area contributed by atoms with Gasteiger partial charge in [0.25, 0.3) is 0 Å². The summed E-state index contributed by atoms with van der Waals surface area (Å²) in [7, 11) is 0. The summed E-state index contributed by atoms with van der Waals surface area (Å²) in [5.41, 5.74) is 6.81. The molecular formula is C29H46N6. The molecule has 0 atom stereocenters. The summed E-state index contributed by atoms with van der Waals surface area (Å²) >= 11 is 0. The van der Waals surface area contributed by atoms with Crippen LogP contribution in [0.2, 0.25) is 0 Å². The van der Waals surface area contributed by atoms with Crippen molar-refractivity contribution < 1.29 is 0 Å². The highest BCUT2D eigenvalue weighted by atomic mass is 14.8. The number of aryl methyl sites for hydroxylation is 8. The van der Waals surface area contributed by atoms with Crippen LogP contribution in [0.25, 0.3) is 0 Å². The molecule has 0 saturated heterocycles. The Morgan fingerprint density at radius 3 is 0.771 bits per heavy atom. The molecule has 0 spiro atoms. The first-order chi connectivity index (χ1) is 15.2. The Morgan fingerprint density at radius 2 is 0.600 bits per heavy atom. The molecule has 0 aromatic carbocycles. The van der Waals surface area contributed by atoms with Crippen LogP contribution < -0.4 is 0 Å². The van der Waals surface area contributed by atoms with Gasteiger partial charge in [-0.25, -0.2) is 19.9 Å². The number of hydrogen-bond donors (Lipinski definition) is 0. The highest BCUT2D eigenvalue weighted by molar-refractivity contribution is 5.11. The molecule has 0 aliphatic heterocycles. The first-order valence-corrected chi connectivity index (χ1v) is 10.4. The first kappa shape index (κ1) is 36.0. The van der Waals surface area contributed by atoms with E-state index in [9.17, 15) is 0 Å². The van der Waals surface area contributed by atoms with Crippen molar-refractivity contribution in [3.63, 3.8) is 0 Å². The van der Waals surface area contributed by atoms with Gasteiger partial charge in [0.1, 0.15) is 11.6 Å². The van der Waals surface area contributed by atoms with Gasteiger partial charge in [-0.2, -0.15) is 0 Å². The zero-order chi connectivity index (χ0) is 23.9. The van der Waals surface area contributed by atoms with E-state index in [1.54, 1.807) is 0 Å². The number of rotatable bonds is 0. The lowest BCUT2D eigenvalue weighted by Gasteiger charge is -1.89. The van der Waals surface area contributed by atoms with Gasteiger partial charge in [0, 0.05) is 48.6 Å². The van der Waals surface area contributed by atoms with Crippen LogP contribution in [0.15, 0.2) is 61.4 Å². The lowest BCUT2D eigenvalue weighted by molar-refractivity contribution is 1.03. The van der Waals surface area contributed by atoms with E-state index in [1.165, 1.54) is 11.1 Å². The van der Waals surface area contributed by atoms with E-state index in [2.05, 4.69) is 42.0 Å². The van der Waals surface area contributed by atoms with Gasteiger partial charge in [-0.15, -0.1) is 0 Å². The summed E-state index contributed by atoms with van der Waals surface area (Å²) in [6.07, 6.45) is 11.0. The maximum absolute atomic E-state index is 4.08. The molecule has 6 heteroatoms. The molecule has 4 heterocycles. The van der Waals surface area contributed by atoms with Crippen LogP contribution in [0.3, 0.4) is 0 Å². The Kier molecular flexibility index (Phi) is 20.5. The molecule has 0 bridgehead atoms. The second-order valence-electron chi connectivity index (χ2n) is 7.57. The van der Waals surface area contributed by atoms with E-state index < -0.39 is 0 Å². The third kappa shape index (κ3) is 18.6. The van der Waals surface area contributed by atoms with Crippen molar-refractivity contribution in [2.24, 2.45) is 0 Å². The Labute approximate surface area is 214 Å². The van der Waals surface area contributed by atoms with Crippen LogP contribution in [0.1, 0.15) is 67.6 Å². The van der Waals surface area contributed by atoms with Gasteiger partial charge >= 0.3 is 0 Å². The average molecular weight is 479 g/mol. The predicted octanol–water partition coefficient (Wildman–Crippen LogP) is 7.49. The average Bonchev–Trinajstić information content (AvgIpc) is 2.78. The summed E-state index contributed by atoms with van der Waals surface area (Å²) in [6.45, 7) is 15.7. The molecule has 6 nitrogen and oxygen atoms in total. The number of pyridine rings is 2. The van der Waals surface area contributed by atoms with E-state index in [4.69, 9.17) is 0 Å². The smallest absolute Gasteiger partial charge is 0.125 e. The van der Waals surface area contributed by atoms with Crippen molar-refractivity contribution in [2.45, 2.75) is 77.7 Å². The van der Waals surface area contributed by atoms with Crippen LogP contribution in [0, 0.1) is 55.4 Å². The molecule has 4 aromatic rings. The predicted molar refractivity (Wildman–Crippen MR) is 151 cm³/mol. The summed E-state index contributed by atoms with van der Waals surface area (Å²) in [5, 5.41) is 0. The largest absolute Gasteiger partial charge is 0.261 e. The van der Waals surface area contributed by atoms with Crippen LogP contribution in [0.5, 0.6) is 0 Å². The molecule has 0 aliphatic carbocycles.